The van der Waals surface area contributed by atoms with E-state index in [1.807, 2.05) is 6.07 Å². The third-order valence-corrected chi connectivity index (χ3v) is 5.15. The van der Waals surface area contributed by atoms with Crippen molar-refractivity contribution in [3.8, 4) is 5.95 Å². The number of nitrogens with zero attached hydrogens (tertiary/aromatic N) is 4. The maximum absolute atomic E-state index is 13.0. The molecule has 0 bridgehead atoms. The molecule has 1 fully saturated rings. The first-order valence-corrected chi connectivity index (χ1v) is 9.61. The van der Waals surface area contributed by atoms with E-state index in [1.54, 1.807) is 36.6 Å². The van der Waals surface area contributed by atoms with Gasteiger partial charge in [-0.05, 0) is 31.7 Å². The summed E-state index contributed by atoms with van der Waals surface area (Å²) >= 11 is 0. The summed E-state index contributed by atoms with van der Waals surface area (Å²) in [4.78, 5) is 29.1. The second-order valence-electron chi connectivity index (χ2n) is 7.05. The van der Waals surface area contributed by atoms with Crippen LogP contribution in [0.3, 0.4) is 0 Å². The average molecular weight is 383 g/mol. The SMILES string of the molecule is COCCNC1CCC(NC(=O)c2nc(-n3ccnc3)nc3cc[nH]c23)CC1. The van der Waals surface area contributed by atoms with Gasteiger partial charge in [0.2, 0.25) is 5.95 Å². The number of carbonyl (C=O) groups is 1. The monoisotopic (exact) mass is 383 g/mol. The van der Waals surface area contributed by atoms with Crippen molar-refractivity contribution in [2.75, 3.05) is 20.3 Å². The standard InChI is InChI=1S/C19H25N7O2/c1-28-11-9-21-13-2-4-14(5-3-13)23-18(27)17-16-15(6-7-22-16)24-19(25-17)26-10-8-20-12-26/h6-8,10,12-14,21-22H,2-5,9,11H2,1H3,(H,23,27). The number of rotatable bonds is 7. The highest BCUT2D eigenvalue weighted by Gasteiger charge is 2.24. The molecule has 3 N–H and O–H groups in total. The predicted molar refractivity (Wildman–Crippen MR) is 104 cm³/mol. The topological polar surface area (TPSA) is 110 Å². The molecule has 0 aromatic carbocycles. The van der Waals surface area contributed by atoms with E-state index in [4.69, 9.17) is 4.74 Å². The number of hydrogen-bond acceptors (Lipinski definition) is 6. The van der Waals surface area contributed by atoms with Crippen molar-refractivity contribution in [1.82, 2.24) is 35.1 Å². The lowest BCUT2D eigenvalue weighted by Crippen LogP contribution is -2.43. The van der Waals surface area contributed by atoms with Crippen LogP contribution < -0.4 is 10.6 Å². The van der Waals surface area contributed by atoms with E-state index in [-0.39, 0.29) is 11.9 Å². The lowest BCUT2D eigenvalue weighted by Gasteiger charge is -2.29. The molecule has 1 amide bonds. The van der Waals surface area contributed by atoms with Gasteiger partial charge >= 0.3 is 0 Å². The summed E-state index contributed by atoms with van der Waals surface area (Å²) in [5.74, 6) is 0.257. The zero-order valence-electron chi connectivity index (χ0n) is 15.9. The van der Waals surface area contributed by atoms with E-state index in [2.05, 4.69) is 30.6 Å². The van der Waals surface area contributed by atoms with Crippen molar-refractivity contribution in [3.63, 3.8) is 0 Å². The molecule has 3 aromatic heterocycles. The van der Waals surface area contributed by atoms with Gasteiger partial charge in [0.25, 0.3) is 5.91 Å². The van der Waals surface area contributed by atoms with Crippen molar-refractivity contribution in [3.05, 3.63) is 36.7 Å². The summed E-state index contributed by atoms with van der Waals surface area (Å²) in [5, 5.41) is 6.65. The molecule has 28 heavy (non-hydrogen) atoms. The number of aromatic amines is 1. The second-order valence-corrected chi connectivity index (χ2v) is 7.05. The molecule has 0 aliphatic heterocycles. The quantitative estimate of drug-likeness (QED) is 0.532. The summed E-state index contributed by atoms with van der Waals surface area (Å²) in [6.45, 7) is 1.58. The van der Waals surface area contributed by atoms with E-state index >= 15 is 0 Å². The van der Waals surface area contributed by atoms with Crippen LogP contribution in [0.2, 0.25) is 0 Å². The molecule has 3 heterocycles. The molecule has 0 spiro atoms. The normalized spacial score (nSPS) is 19.8. The summed E-state index contributed by atoms with van der Waals surface area (Å²) in [7, 11) is 1.71. The highest BCUT2D eigenvalue weighted by atomic mass is 16.5. The molecule has 0 atom stereocenters. The minimum Gasteiger partial charge on any atom is -0.383 e. The number of hydrogen-bond donors (Lipinski definition) is 3. The Kier molecular flexibility index (Phi) is 5.63. The molecule has 1 aliphatic carbocycles. The fourth-order valence-corrected chi connectivity index (χ4v) is 3.65. The Morgan fingerprint density at radius 2 is 2.11 bits per heavy atom. The van der Waals surface area contributed by atoms with Crippen LogP contribution in [0.25, 0.3) is 17.0 Å². The van der Waals surface area contributed by atoms with Crippen LogP contribution in [0.5, 0.6) is 0 Å². The molecule has 9 heteroatoms. The van der Waals surface area contributed by atoms with Crippen molar-refractivity contribution in [2.45, 2.75) is 37.8 Å². The molecule has 0 saturated heterocycles. The number of nitrogens with one attached hydrogen (secondary N) is 3. The molecule has 3 aromatic rings. The zero-order chi connectivity index (χ0) is 19.3. The number of carbonyl (C=O) groups excluding carboxylic acids is 1. The molecule has 148 valence electrons. The van der Waals surface area contributed by atoms with Crippen molar-refractivity contribution in [2.24, 2.45) is 0 Å². The van der Waals surface area contributed by atoms with Gasteiger partial charge in [0.15, 0.2) is 5.69 Å². The van der Waals surface area contributed by atoms with Crippen molar-refractivity contribution in [1.29, 1.82) is 0 Å². The number of methoxy groups -OCH3 is 1. The molecule has 1 aliphatic rings. The van der Waals surface area contributed by atoms with Gasteiger partial charge in [-0.25, -0.2) is 15.0 Å². The van der Waals surface area contributed by atoms with Gasteiger partial charge in [0.05, 0.1) is 17.6 Å². The molecule has 0 radical (unpaired) electrons. The molecule has 9 nitrogen and oxygen atoms in total. The lowest BCUT2D eigenvalue weighted by molar-refractivity contribution is 0.0920. The third kappa shape index (κ3) is 4.05. The molecule has 4 rings (SSSR count). The fraction of sp³-hybridized carbons (Fsp3) is 0.474. The van der Waals surface area contributed by atoms with E-state index in [0.717, 1.165) is 38.8 Å². The van der Waals surface area contributed by atoms with Crippen LogP contribution in [0.15, 0.2) is 31.0 Å². The van der Waals surface area contributed by atoms with Crippen LogP contribution in [0.4, 0.5) is 0 Å². The number of imidazole rings is 1. The van der Waals surface area contributed by atoms with Crippen LogP contribution >= 0.6 is 0 Å². The van der Waals surface area contributed by atoms with E-state index in [0.29, 0.717) is 28.7 Å². The number of aromatic nitrogens is 5. The van der Waals surface area contributed by atoms with Gasteiger partial charge in [-0.15, -0.1) is 0 Å². The smallest absolute Gasteiger partial charge is 0.272 e. The number of fused-ring (bicyclic) bond motifs is 1. The van der Waals surface area contributed by atoms with Gasteiger partial charge < -0.3 is 20.4 Å². The number of H-pyrrole nitrogens is 1. The maximum Gasteiger partial charge on any atom is 0.272 e. The minimum atomic E-state index is -0.174. The maximum atomic E-state index is 13.0. The average Bonchev–Trinajstić information content (AvgIpc) is 3.40. The van der Waals surface area contributed by atoms with Gasteiger partial charge in [-0.3, -0.25) is 9.36 Å². The first-order chi connectivity index (χ1) is 13.7. The van der Waals surface area contributed by atoms with E-state index in [9.17, 15) is 4.79 Å². The van der Waals surface area contributed by atoms with Crippen LogP contribution in [0.1, 0.15) is 36.2 Å². The van der Waals surface area contributed by atoms with Crippen molar-refractivity contribution < 1.29 is 9.53 Å². The molecular formula is C19H25N7O2. The van der Waals surface area contributed by atoms with Gasteiger partial charge in [-0.2, -0.15) is 0 Å². The van der Waals surface area contributed by atoms with Gasteiger partial charge in [-0.1, -0.05) is 0 Å². The molecular weight excluding hydrogens is 358 g/mol. The van der Waals surface area contributed by atoms with E-state index < -0.39 is 0 Å². The Labute approximate surface area is 162 Å². The second kappa shape index (κ2) is 8.49. The number of amides is 1. The van der Waals surface area contributed by atoms with Gasteiger partial charge in [0, 0.05) is 44.3 Å². The Morgan fingerprint density at radius 3 is 2.86 bits per heavy atom. The Hall–Kier alpha value is -2.78. The largest absolute Gasteiger partial charge is 0.383 e. The van der Waals surface area contributed by atoms with Crippen LogP contribution in [0, 0.1) is 0 Å². The Balaban J connectivity index is 1.44. The zero-order valence-corrected chi connectivity index (χ0v) is 15.9. The fourth-order valence-electron chi connectivity index (χ4n) is 3.65. The highest BCUT2D eigenvalue weighted by molar-refractivity contribution is 6.03. The first-order valence-electron chi connectivity index (χ1n) is 9.61. The van der Waals surface area contributed by atoms with Gasteiger partial charge in [0.1, 0.15) is 6.33 Å². The Morgan fingerprint density at radius 1 is 1.29 bits per heavy atom. The van der Waals surface area contributed by atoms with Crippen molar-refractivity contribution >= 4 is 16.9 Å². The molecule has 1 saturated carbocycles. The summed E-state index contributed by atoms with van der Waals surface area (Å²) < 4.78 is 6.77. The summed E-state index contributed by atoms with van der Waals surface area (Å²) in [5.41, 5.74) is 1.71. The number of ether oxygens (including phenoxy) is 1. The minimum absolute atomic E-state index is 0.157. The Bertz CT molecular complexity index is 914. The van der Waals surface area contributed by atoms with Crippen LogP contribution in [-0.2, 0) is 4.74 Å². The van der Waals surface area contributed by atoms with E-state index in [1.165, 1.54) is 0 Å². The molecule has 0 unspecified atom stereocenters. The summed E-state index contributed by atoms with van der Waals surface area (Å²) in [6, 6.07) is 2.49. The lowest BCUT2D eigenvalue weighted by atomic mass is 9.91. The highest BCUT2D eigenvalue weighted by Crippen LogP contribution is 2.20. The first kappa shape index (κ1) is 18.6. The summed E-state index contributed by atoms with van der Waals surface area (Å²) in [6.07, 6.45) is 10.8. The third-order valence-electron chi connectivity index (χ3n) is 5.15. The predicted octanol–water partition coefficient (Wildman–Crippen LogP) is 1.42. The van der Waals surface area contributed by atoms with Crippen LogP contribution in [-0.4, -0.2) is 62.8 Å².